The lowest BCUT2D eigenvalue weighted by molar-refractivity contribution is -0.142. The Balaban J connectivity index is 2.30. The lowest BCUT2D eigenvalue weighted by atomic mass is 9.89. The van der Waals surface area contributed by atoms with Crippen LogP contribution in [0.3, 0.4) is 0 Å². The van der Waals surface area contributed by atoms with Gasteiger partial charge >= 0.3 is 5.97 Å². The Bertz CT molecular complexity index is 376. The molecule has 0 aromatic heterocycles. The van der Waals surface area contributed by atoms with Gasteiger partial charge in [-0.05, 0) is 24.5 Å². The molecule has 1 aromatic carbocycles. The monoisotopic (exact) mass is 208 g/mol. The predicted molar refractivity (Wildman–Crippen MR) is 54.1 cm³/mol. The van der Waals surface area contributed by atoms with E-state index in [2.05, 4.69) is 0 Å². The van der Waals surface area contributed by atoms with Gasteiger partial charge in [-0.1, -0.05) is 24.6 Å². The molecular formula is C12H13FO2. The fourth-order valence-electron chi connectivity index (χ4n) is 2.40. The number of hydrogen-bond acceptors (Lipinski definition) is 1. The summed E-state index contributed by atoms with van der Waals surface area (Å²) in [4.78, 5) is 11.0. The molecule has 1 aliphatic rings. The van der Waals surface area contributed by atoms with Crippen LogP contribution in [0.2, 0.25) is 0 Å². The first-order valence-corrected chi connectivity index (χ1v) is 5.17. The van der Waals surface area contributed by atoms with Gasteiger partial charge in [0.2, 0.25) is 0 Å². The maximum Gasteiger partial charge on any atom is 0.307 e. The summed E-state index contributed by atoms with van der Waals surface area (Å²) >= 11 is 0. The average Bonchev–Trinajstić information content (AvgIpc) is 2.67. The molecule has 0 saturated heterocycles. The van der Waals surface area contributed by atoms with Crippen LogP contribution in [0.15, 0.2) is 24.3 Å². The second-order valence-corrected chi connectivity index (χ2v) is 4.00. The van der Waals surface area contributed by atoms with Crippen molar-refractivity contribution >= 4 is 5.97 Å². The second kappa shape index (κ2) is 4.01. The molecule has 1 aromatic rings. The molecule has 2 rings (SSSR count). The number of benzene rings is 1. The summed E-state index contributed by atoms with van der Waals surface area (Å²) in [6.07, 6.45) is 2.31. The minimum absolute atomic E-state index is 0.149. The van der Waals surface area contributed by atoms with Gasteiger partial charge in [0.1, 0.15) is 5.82 Å². The van der Waals surface area contributed by atoms with E-state index < -0.39 is 11.9 Å². The first-order chi connectivity index (χ1) is 7.20. The van der Waals surface area contributed by atoms with Gasteiger partial charge in [-0.15, -0.1) is 0 Å². The van der Waals surface area contributed by atoms with E-state index in [1.54, 1.807) is 18.2 Å². The van der Waals surface area contributed by atoms with Crippen molar-refractivity contribution in [2.45, 2.75) is 25.2 Å². The van der Waals surface area contributed by atoms with Crippen LogP contribution in [0.1, 0.15) is 30.7 Å². The number of aliphatic carboxylic acids is 1. The van der Waals surface area contributed by atoms with Gasteiger partial charge < -0.3 is 5.11 Å². The van der Waals surface area contributed by atoms with Crippen molar-refractivity contribution in [1.29, 1.82) is 0 Å². The largest absolute Gasteiger partial charge is 0.481 e. The van der Waals surface area contributed by atoms with E-state index in [4.69, 9.17) is 5.11 Å². The van der Waals surface area contributed by atoms with Gasteiger partial charge in [-0.25, -0.2) is 4.39 Å². The normalized spacial score (nSPS) is 25.4. The molecule has 0 aliphatic heterocycles. The first kappa shape index (κ1) is 10.1. The summed E-state index contributed by atoms with van der Waals surface area (Å²) in [7, 11) is 0. The van der Waals surface area contributed by atoms with Crippen LogP contribution in [-0.2, 0) is 4.79 Å². The van der Waals surface area contributed by atoms with Crippen molar-refractivity contribution in [3.05, 3.63) is 35.6 Å². The number of carbonyl (C=O) groups is 1. The van der Waals surface area contributed by atoms with Crippen LogP contribution in [0.4, 0.5) is 4.39 Å². The zero-order chi connectivity index (χ0) is 10.8. The average molecular weight is 208 g/mol. The fraction of sp³-hybridized carbons (Fsp3) is 0.417. The molecular weight excluding hydrogens is 195 g/mol. The van der Waals surface area contributed by atoms with Gasteiger partial charge in [-0.2, -0.15) is 0 Å². The molecule has 15 heavy (non-hydrogen) atoms. The maximum atomic E-state index is 13.5. The molecule has 0 spiro atoms. The molecule has 0 heterocycles. The van der Waals surface area contributed by atoms with E-state index in [0.29, 0.717) is 12.0 Å². The Hall–Kier alpha value is -1.38. The molecule has 3 heteroatoms. The molecule has 1 saturated carbocycles. The van der Waals surface area contributed by atoms with Gasteiger partial charge in [0.25, 0.3) is 0 Å². The third kappa shape index (κ3) is 1.87. The minimum atomic E-state index is -0.805. The van der Waals surface area contributed by atoms with Crippen molar-refractivity contribution < 1.29 is 14.3 Å². The van der Waals surface area contributed by atoms with Crippen molar-refractivity contribution in [3.63, 3.8) is 0 Å². The molecule has 2 nitrogen and oxygen atoms in total. The van der Waals surface area contributed by atoms with Gasteiger partial charge in [0, 0.05) is 5.92 Å². The van der Waals surface area contributed by atoms with Crippen LogP contribution < -0.4 is 0 Å². The number of halogens is 1. The highest BCUT2D eigenvalue weighted by Gasteiger charge is 2.35. The maximum absolute atomic E-state index is 13.5. The molecule has 2 atom stereocenters. The standard InChI is InChI=1S/C12H13FO2/c13-11-7-2-1-4-9(11)8-5-3-6-10(8)12(14)15/h1-2,4,7-8,10H,3,5-6H2,(H,14,15)/t8-,10-/m1/s1. The van der Waals surface area contributed by atoms with Crippen molar-refractivity contribution in [1.82, 2.24) is 0 Å². The van der Waals surface area contributed by atoms with E-state index >= 15 is 0 Å². The van der Waals surface area contributed by atoms with E-state index in [9.17, 15) is 9.18 Å². The molecule has 0 bridgehead atoms. The molecule has 0 unspecified atom stereocenters. The Morgan fingerprint density at radius 2 is 2.07 bits per heavy atom. The first-order valence-electron chi connectivity index (χ1n) is 5.17. The quantitative estimate of drug-likeness (QED) is 0.811. The zero-order valence-corrected chi connectivity index (χ0v) is 8.32. The Morgan fingerprint density at radius 3 is 2.73 bits per heavy atom. The fourth-order valence-corrected chi connectivity index (χ4v) is 2.40. The van der Waals surface area contributed by atoms with E-state index in [1.165, 1.54) is 6.07 Å². The molecule has 80 valence electrons. The molecule has 1 N–H and O–H groups in total. The summed E-state index contributed by atoms with van der Waals surface area (Å²) < 4.78 is 13.5. The topological polar surface area (TPSA) is 37.3 Å². The minimum Gasteiger partial charge on any atom is -0.481 e. The van der Waals surface area contributed by atoms with Crippen LogP contribution >= 0.6 is 0 Å². The van der Waals surface area contributed by atoms with E-state index in [0.717, 1.165) is 12.8 Å². The summed E-state index contributed by atoms with van der Waals surface area (Å²) in [5.74, 6) is -1.65. The molecule has 1 fully saturated rings. The van der Waals surface area contributed by atoms with Crippen molar-refractivity contribution in [2.24, 2.45) is 5.92 Å². The Labute approximate surface area is 87.7 Å². The second-order valence-electron chi connectivity index (χ2n) is 4.00. The molecule has 0 radical (unpaired) electrons. The number of hydrogen-bond donors (Lipinski definition) is 1. The number of carboxylic acids is 1. The zero-order valence-electron chi connectivity index (χ0n) is 8.32. The lowest BCUT2D eigenvalue weighted by Gasteiger charge is -2.16. The Morgan fingerprint density at radius 1 is 1.33 bits per heavy atom. The van der Waals surface area contributed by atoms with E-state index in [-0.39, 0.29) is 11.7 Å². The van der Waals surface area contributed by atoms with Crippen molar-refractivity contribution in [3.8, 4) is 0 Å². The lowest BCUT2D eigenvalue weighted by Crippen LogP contribution is -2.17. The summed E-state index contributed by atoms with van der Waals surface area (Å²) in [5, 5.41) is 9.01. The van der Waals surface area contributed by atoms with Gasteiger partial charge in [0.05, 0.1) is 5.92 Å². The number of carboxylic acid groups (broad SMARTS) is 1. The van der Waals surface area contributed by atoms with Crippen LogP contribution in [0.5, 0.6) is 0 Å². The summed E-state index contributed by atoms with van der Waals surface area (Å²) in [6, 6.07) is 6.48. The SMILES string of the molecule is O=C(O)[C@@H]1CCC[C@@H]1c1ccccc1F. The Kier molecular flexibility index (Phi) is 2.71. The highest BCUT2D eigenvalue weighted by molar-refractivity contribution is 5.71. The molecule has 1 aliphatic carbocycles. The predicted octanol–water partition coefficient (Wildman–Crippen LogP) is 2.79. The van der Waals surface area contributed by atoms with Gasteiger partial charge in [-0.3, -0.25) is 4.79 Å². The van der Waals surface area contributed by atoms with Crippen LogP contribution in [0.25, 0.3) is 0 Å². The smallest absolute Gasteiger partial charge is 0.307 e. The summed E-state index contributed by atoms with van der Waals surface area (Å²) in [6.45, 7) is 0. The number of rotatable bonds is 2. The molecule has 0 amide bonds. The highest BCUT2D eigenvalue weighted by atomic mass is 19.1. The van der Waals surface area contributed by atoms with Crippen LogP contribution in [-0.4, -0.2) is 11.1 Å². The third-order valence-corrected chi connectivity index (χ3v) is 3.14. The van der Waals surface area contributed by atoms with Crippen LogP contribution in [0, 0.1) is 11.7 Å². The van der Waals surface area contributed by atoms with Gasteiger partial charge in [0.15, 0.2) is 0 Å². The highest BCUT2D eigenvalue weighted by Crippen LogP contribution is 2.40. The third-order valence-electron chi connectivity index (χ3n) is 3.14. The van der Waals surface area contributed by atoms with Crippen molar-refractivity contribution in [2.75, 3.05) is 0 Å². The van der Waals surface area contributed by atoms with E-state index in [1.807, 2.05) is 0 Å². The summed E-state index contributed by atoms with van der Waals surface area (Å²) in [5.41, 5.74) is 0.558.